The van der Waals surface area contributed by atoms with Crippen LogP contribution in [0.25, 0.3) is 0 Å². The number of carbonyl (C=O) groups is 3. The molecule has 2 atom stereocenters. The van der Waals surface area contributed by atoms with E-state index in [1.54, 1.807) is 6.92 Å². The van der Waals surface area contributed by atoms with Gasteiger partial charge in [-0.2, -0.15) is 0 Å². The fraction of sp³-hybridized carbons (Fsp3) is 0.727. The first kappa shape index (κ1) is 14.3. The van der Waals surface area contributed by atoms with Gasteiger partial charge in [0.25, 0.3) is 0 Å². The fourth-order valence-electron chi connectivity index (χ4n) is 2.02. The lowest BCUT2D eigenvalue weighted by Crippen LogP contribution is -2.52. The zero-order valence-corrected chi connectivity index (χ0v) is 10.6. The maximum atomic E-state index is 11.9. The number of likely N-dealkylation sites (N-methyl/N-ethyl adjacent to an activating group) is 1. The van der Waals surface area contributed by atoms with Crippen LogP contribution in [0.4, 0.5) is 4.79 Å². The van der Waals surface area contributed by atoms with Crippen LogP contribution in [0.15, 0.2) is 0 Å². The van der Waals surface area contributed by atoms with Crippen molar-refractivity contribution in [3.05, 3.63) is 0 Å². The predicted molar refractivity (Wildman–Crippen MR) is 64.0 cm³/mol. The summed E-state index contributed by atoms with van der Waals surface area (Å²) >= 11 is 0. The van der Waals surface area contributed by atoms with Gasteiger partial charge in [0, 0.05) is 13.6 Å². The van der Waals surface area contributed by atoms with Crippen LogP contribution in [-0.4, -0.2) is 53.6 Å². The SMILES string of the molecule is CCC(NC(=O)N1CCCC1C(=O)NC)C(=O)O. The Morgan fingerprint density at radius 2 is 2.11 bits per heavy atom. The molecule has 0 aromatic carbocycles. The summed E-state index contributed by atoms with van der Waals surface area (Å²) < 4.78 is 0. The van der Waals surface area contributed by atoms with E-state index in [0.29, 0.717) is 19.4 Å². The van der Waals surface area contributed by atoms with Crippen LogP contribution >= 0.6 is 0 Å². The molecule has 0 bridgehead atoms. The van der Waals surface area contributed by atoms with Crippen molar-refractivity contribution in [2.24, 2.45) is 0 Å². The molecular formula is C11H19N3O4. The summed E-state index contributed by atoms with van der Waals surface area (Å²) in [5.74, 6) is -1.28. The summed E-state index contributed by atoms with van der Waals surface area (Å²) in [6.45, 7) is 2.15. The van der Waals surface area contributed by atoms with Gasteiger partial charge in [0.15, 0.2) is 0 Å². The average molecular weight is 257 g/mol. The number of urea groups is 1. The van der Waals surface area contributed by atoms with E-state index in [0.717, 1.165) is 6.42 Å². The van der Waals surface area contributed by atoms with Crippen molar-refractivity contribution in [3.8, 4) is 0 Å². The third kappa shape index (κ3) is 3.12. The molecule has 0 aromatic rings. The van der Waals surface area contributed by atoms with Gasteiger partial charge in [0.05, 0.1) is 0 Å². The molecule has 0 spiro atoms. The minimum atomic E-state index is -1.07. The summed E-state index contributed by atoms with van der Waals surface area (Å²) in [6, 6.07) is -1.90. The van der Waals surface area contributed by atoms with Crippen LogP contribution < -0.4 is 10.6 Å². The molecule has 3 amide bonds. The molecule has 0 radical (unpaired) electrons. The minimum absolute atomic E-state index is 0.217. The number of likely N-dealkylation sites (tertiary alicyclic amines) is 1. The van der Waals surface area contributed by atoms with Gasteiger partial charge in [-0.25, -0.2) is 9.59 Å². The van der Waals surface area contributed by atoms with Gasteiger partial charge in [-0.15, -0.1) is 0 Å². The first-order valence-electron chi connectivity index (χ1n) is 6.02. The second kappa shape index (κ2) is 6.23. The maximum Gasteiger partial charge on any atom is 0.326 e. The average Bonchev–Trinajstić information content (AvgIpc) is 2.83. The molecule has 0 aliphatic carbocycles. The molecule has 7 heteroatoms. The Kier molecular flexibility index (Phi) is 4.94. The van der Waals surface area contributed by atoms with Crippen molar-refractivity contribution in [2.75, 3.05) is 13.6 Å². The number of hydrogen-bond donors (Lipinski definition) is 3. The lowest BCUT2D eigenvalue weighted by atomic mass is 10.2. The molecule has 0 saturated carbocycles. The van der Waals surface area contributed by atoms with Crippen LogP contribution in [0.2, 0.25) is 0 Å². The molecule has 2 unspecified atom stereocenters. The molecule has 102 valence electrons. The normalized spacial score (nSPS) is 20.3. The van der Waals surface area contributed by atoms with E-state index >= 15 is 0 Å². The van der Waals surface area contributed by atoms with Crippen molar-refractivity contribution in [1.82, 2.24) is 15.5 Å². The standard InChI is InChI=1S/C11H19N3O4/c1-3-7(10(16)17)13-11(18)14-6-4-5-8(14)9(15)12-2/h7-8H,3-6H2,1-2H3,(H,12,15)(H,13,18)(H,16,17). The van der Waals surface area contributed by atoms with Gasteiger partial charge in [-0.05, 0) is 19.3 Å². The summed E-state index contributed by atoms with van der Waals surface area (Å²) in [7, 11) is 1.52. The number of carbonyl (C=O) groups excluding carboxylic acids is 2. The maximum absolute atomic E-state index is 11.9. The number of nitrogens with zero attached hydrogens (tertiary/aromatic N) is 1. The highest BCUT2D eigenvalue weighted by atomic mass is 16.4. The second-order valence-electron chi connectivity index (χ2n) is 4.21. The van der Waals surface area contributed by atoms with Gasteiger partial charge < -0.3 is 20.6 Å². The van der Waals surface area contributed by atoms with Crippen molar-refractivity contribution >= 4 is 17.9 Å². The summed E-state index contributed by atoms with van der Waals surface area (Å²) in [4.78, 5) is 35.7. The highest BCUT2D eigenvalue weighted by molar-refractivity contribution is 5.89. The zero-order chi connectivity index (χ0) is 13.7. The van der Waals surface area contributed by atoms with Crippen LogP contribution in [0.5, 0.6) is 0 Å². The van der Waals surface area contributed by atoms with Gasteiger partial charge in [-0.3, -0.25) is 4.79 Å². The van der Waals surface area contributed by atoms with Crippen molar-refractivity contribution < 1.29 is 19.5 Å². The van der Waals surface area contributed by atoms with Crippen LogP contribution in [0.1, 0.15) is 26.2 Å². The molecule has 0 aromatic heterocycles. The monoisotopic (exact) mass is 257 g/mol. The molecule has 18 heavy (non-hydrogen) atoms. The second-order valence-corrected chi connectivity index (χ2v) is 4.21. The molecule has 1 heterocycles. The topological polar surface area (TPSA) is 98.7 Å². The summed E-state index contributed by atoms with van der Waals surface area (Å²) in [5, 5.41) is 13.8. The van der Waals surface area contributed by atoms with E-state index in [4.69, 9.17) is 5.11 Å². The Labute approximate surface area is 106 Å². The Morgan fingerprint density at radius 3 is 2.61 bits per heavy atom. The number of hydrogen-bond acceptors (Lipinski definition) is 3. The quantitative estimate of drug-likeness (QED) is 0.647. The first-order chi connectivity index (χ1) is 8.51. The largest absolute Gasteiger partial charge is 0.480 e. The number of carboxylic acids is 1. The van der Waals surface area contributed by atoms with Crippen molar-refractivity contribution in [2.45, 2.75) is 38.3 Å². The lowest BCUT2D eigenvalue weighted by molar-refractivity contribution is -0.139. The molecule has 1 rings (SSSR count). The van der Waals surface area contributed by atoms with Crippen LogP contribution in [0, 0.1) is 0 Å². The highest BCUT2D eigenvalue weighted by Gasteiger charge is 2.34. The van der Waals surface area contributed by atoms with E-state index in [1.807, 2.05) is 0 Å². The van der Waals surface area contributed by atoms with Gasteiger partial charge in [-0.1, -0.05) is 6.92 Å². The van der Waals surface area contributed by atoms with E-state index in [2.05, 4.69) is 10.6 Å². The van der Waals surface area contributed by atoms with Crippen LogP contribution in [0.3, 0.4) is 0 Å². The van der Waals surface area contributed by atoms with E-state index in [9.17, 15) is 14.4 Å². The Hall–Kier alpha value is -1.79. The summed E-state index contributed by atoms with van der Waals surface area (Å²) in [6.07, 6.45) is 1.66. The van der Waals surface area contributed by atoms with Gasteiger partial charge >= 0.3 is 12.0 Å². The number of rotatable bonds is 4. The Bertz CT molecular complexity index is 345. The third-order valence-electron chi connectivity index (χ3n) is 3.07. The predicted octanol–water partition coefficient (Wildman–Crippen LogP) is -0.230. The smallest absolute Gasteiger partial charge is 0.326 e. The molecular weight excluding hydrogens is 238 g/mol. The number of nitrogens with one attached hydrogen (secondary N) is 2. The van der Waals surface area contributed by atoms with Crippen molar-refractivity contribution in [3.63, 3.8) is 0 Å². The molecule has 1 aliphatic rings. The van der Waals surface area contributed by atoms with Crippen LogP contribution in [-0.2, 0) is 9.59 Å². The lowest BCUT2D eigenvalue weighted by Gasteiger charge is -2.25. The molecule has 3 N–H and O–H groups in total. The molecule has 7 nitrogen and oxygen atoms in total. The molecule has 1 saturated heterocycles. The highest BCUT2D eigenvalue weighted by Crippen LogP contribution is 2.17. The third-order valence-corrected chi connectivity index (χ3v) is 3.07. The minimum Gasteiger partial charge on any atom is -0.480 e. The zero-order valence-electron chi connectivity index (χ0n) is 10.6. The Balaban J connectivity index is 2.65. The van der Waals surface area contributed by atoms with E-state index in [-0.39, 0.29) is 5.91 Å². The Morgan fingerprint density at radius 1 is 1.44 bits per heavy atom. The summed E-state index contributed by atoms with van der Waals surface area (Å²) in [5.41, 5.74) is 0. The fourth-order valence-corrected chi connectivity index (χ4v) is 2.02. The number of carboxylic acid groups (broad SMARTS) is 1. The first-order valence-corrected chi connectivity index (χ1v) is 6.02. The van der Waals surface area contributed by atoms with E-state index in [1.165, 1.54) is 11.9 Å². The van der Waals surface area contributed by atoms with Gasteiger partial charge in [0.2, 0.25) is 5.91 Å². The van der Waals surface area contributed by atoms with E-state index < -0.39 is 24.1 Å². The molecule has 1 fully saturated rings. The number of aliphatic carboxylic acids is 1. The number of amides is 3. The molecule has 1 aliphatic heterocycles. The van der Waals surface area contributed by atoms with Gasteiger partial charge in [0.1, 0.15) is 12.1 Å². The van der Waals surface area contributed by atoms with Crippen molar-refractivity contribution in [1.29, 1.82) is 0 Å².